The maximum atomic E-state index is 12.2. The number of aromatic nitrogens is 1. The fraction of sp³-hybridized carbons (Fsp3) is 0. The molecule has 3 rings (SSSR count). The summed E-state index contributed by atoms with van der Waals surface area (Å²) in [5, 5.41) is 11.3. The summed E-state index contributed by atoms with van der Waals surface area (Å²) in [4.78, 5) is 22.4. The normalized spacial score (nSPS) is 10.7. The molecule has 0 aliphatic heterocycles. The number of benzene rings is 2. The van der Waals surface area contributed by atoms with Gasteiger partial charge in [-0.1, -0.05) is 0 Å². The van der Waals surface area contributed by atoms with Gasteiger partial charge in [-0.15, -0.1) is 0 Å². The zero-order valence-electron chi connectivity index (χ0n) is 9.65. The number of nitrogens with zero attached hydrogens (tertiary/aromatic N) is 2. The summed E-state index contributed by atoms with van der Waals surface area (Å²) in [5.74, 6) is 0. The van der Waals surface area contributed by atoms with Crippen LogP contribution in [0.15, 0.2) is 53.3 Å². The van der Waals surface area contributed by atoms with Crippen LogP contribution in [0.25, 0.3) is 15.3 Å². The molecule has 0 saturated carbocycles. The SMILES string of the molecule is O=c1c2ccccc2[se]n1-c1ccc([N+](=O)[O-])cc1. The van der Waals surface area contributed by atoms with Gasteiger partial charge in [0.05, 0.1) is 0 Å². The second kappa shape index (κ2) is 4.49. The molecule has 0 unspecified atom stereocenters. The van der Waals surface area contributed by atoms with E-state index in [2.05, 4.69) is 0 Å². The van der Waals surface area contributed by atoms with Gasteiger partial charge in [-0.05, 0) is 0 Å². The van der Waals surface area contributed by atoms with Crippen molar-refractivity contribution in [1.29, 1.82) is 0 Å². The van der Waals surface area contributed by atoms with Gasteiger partial charge in [-0.2, -0.15) is 0 Å². The first kappa shape index (κ1) is 11.9. The van der Waals surface area contributed by atoms with Crippen LogP contribution >= 0.6 is 0 Å². The Labute approximate surface area is 113 Å². The van der Waals surface area contributed by atoms with Crippen LogP contribution in [-0.2, 0) is 0 Å². The van der Waals surface area contributed by atoms with Gasteiger partial charge in [-0.25, -0.2) is 0 Å². The number of nitro benzene ring substituents is 1. The molecule has 0 radical (unpaired) electrons. The van der Waals surface area contributed by atoms with Gasteiger partial charge in [0.1, 0.15) is 0 Å². The van der Waals surface area contributed by atoms with E-state index in [1.165, 1.54) is 12.1 Å². The van der Waals surface area contributed by atoms with Crippen LogP contribution in [0, 0.1) is 10.1 Å². The first-order chi connectivity index (χ1) is 9.16. The molecule has 0 bridgehead atoms. The van der Waals surface area contributed by atoms with E-state index in [0.717, 1.165) is 9.65 Å². The Morgan fingerprint density at radius 3 is 2.37 bits per heavy atom. The van der Waals surface area contributed by atoms with Crippen molar-refractivity contribution in [1.82, 2.24) is 3.56 Å². The molecule has 1 aromatic heterocycles. The fourth-order valence-electron chi connectivity index (χ4n) is 1.85. The van der Waals surface area contributed by atoms with E-state index in [9.17, 15) is 14.9 Å². The maximum absolute atomic E-state index is 12.2. The molecule has 5 nitrogen and oxygen atoms in total. The average molecular weight is 319 g/mol. The van der Waals surface area contributed by atoms with Crippen LogP contribution in [0.3, 0.4) is 0 Å². The molecule has 0 N–H and O–H groups in total. The van der Waals surface area contributed by atoms with Crippen molar-refractivity contribution >= 4 is 30.1 Å². The number of nitro groups is 1. The van der Waals surface area contributed by atoms with Crippen molar-refractivity contribution in [2.75, 3.05) is 0 Å². The van der Waals surface area contributed by atoms with E-state index >= 15 is 0 Å². The number of rotatable bonds is 2. The Kier molecular flexibility index (Phi) is 2.81. The summed E-state index contributed by atoms with van der Waals surface area (Å²) in [6.07, 6.45) is 0. The third-order valence-electron chi connectivity index (χ3n) is 2.79. The van der Waals surface area contributed by atoms with Gasteiger partial charge < -0.3 is 0 Å². The van der Waals surface area contributed by atoms with E-state index in [1.54, 1.807) is 15.7 Å². The number of fused-ring (bicyclic) bond motifs is 1. The standard InChI is InChI=1S/C13H8N2O3Se/c16-13-11-3-1-2-4-12(11)19-14(13)9-5-7-10(8-6-9)15(17)18/h1-8H. The van der Waals surface area contributed by atoms with Crippen LogP contribution in [0.2, 0.25) is 0 Å². The van der Waals surface area contributed by atoms with Crippen LogP contribution in [-0.4, -0.2) is 23.2 Å². The van der Waals surface area contributed by atoms with Crippen molar-refractivity contribution in [3.63, 3.8) is 0 Å². The molecule has 3 aromatic rings. The quantitative estimate of drug-likeness (QED) is 0.412. The Hall–Kier alpha value is -2.17. The molecule has 0 aliphatic carbocycles. The summed E-state index contributed by atoms with van der Waals surface area (Å²) in [6, 6.07) is 13.6. The number of hydrogen-bond donors (Lipinski definition) is 0. The van der Waals surface area contributed by atoms with Crippen LogP contribution < -0.4 is 5.56 Å². The molecule has 0 saturated heterocycles. The molecule has 2 aromatic carbocycles. The Bertz CT molecular complexity index is 818. The molecule has 19 heavy (non-hydrogen) atoms. The molecule has 0 fully saturated rings. The minimum absolute atomic E-state index is 0.0282. The van der Waals surface area contributed by atoms with E-state index in [1.807, 2.05) is 24.3 Å². The van der Waals surface area contributed by atoms with Crippen molar-refractivity contribution in [3.05, 3.63) is 69.0 Å². The minimum atomic E-state index is -0.449. The van der Waals surface area contributed by atoms with Gasteiger partial charge in [0.15, 0.2) is 0 Å². The third kappa shape index (κ3) is 2.01. The molecular weight excluding hydrogens is 311 g/mol. The van der Waals surface area contributed by atoms with Crippen molar-refractivity contribution < 1.29 is 4.92 Å². The topological polar surface area (TPSA) is 65.1 Å². The van der Waals surface area contributed by atoms with Crippen LogP contribution in [0.5, 0.6) is 0 Å². The van der Waals surface area contributed by atoms with Gasteiger partial charge in [0.25, 0.3) is 0 Å². The predicted octanol–water partition coefficient (Wildman–Crippen LogP) is 1.96. The molecule has 0 aliphatic rings. The van der Waals surface area contributed by atoms with E-state index in [4.69, 9.17) is 0 Å². The number of hydrogen-bond acceptors (Lipinski definition) is 3. The first-order valence-electron chi connectivity index (χ1n) is 5.53. The fourth-order valence-corrected chi connectivity index (χ4v) is 3.95. The summed E-state index contributed by atoms with van der Waals surface area (Å²) in [6.45, 7) is 0. The second-order valence-electron chi connectivity index (χ2n) is 3.96. The summed E-state index contributed by atoms with van der Waals surface area (Å²) >= 11 is -0.107. The molecule has 0 amide bonds. The van der Waals surface area contributed by atoms with E-state index in [0.29, 0.717) is 5.69 Å². The molecule has 6 heteroatoms. The van der Waals surface area contributed by atoms with Gasteiger partial charge >= 0.3 is 113 Å². The molecule has 1 heterocycles. The summed E-state index contributed by atoms with van der Waals surface area (Å²) in [5.41, 5.74) is 0.691. The Balaban J connectivity index is 2.16. The third-order valence-corrected chi connectivity index (χ3v) is 5.12. The van der Waals surface area contributed by atoms with E-state index in [-0.39, 0.29) is 26.0 Å². The van der Waals surface area contributed by atoms with Gasteiger partial charge in [-0.3, -0.25) is 0 Å². The molecule has 94 valence electrons. The summed E-state index contributed by atoms with van der Waals surface area (Å²) in [7, 11) is 0. The molecular formula is C13H8N2O3Se. The summed E-state index contributed by atoms with van der Waals surface area (Å²) < 4.78 is 2.72. The van der Waals surface area contributed by atoms with Crippen molar-refractivity contribution in [2.45, 2.75) is 0 Å². The van der Waals surface area contributed by atoms with Crippen molar-refractivity contribution in [3.8, 4) is 5.69 Å². The molecule has 0 spiro atoms. The monoisotopic (exact) mass is 320 g/mol. The van der Waals surface area contributed by atoms with Crippen LogP contribution in [0.1, 0.15) is 0 Å². The number of non-ortho nitro benzene ring substituents is 1. The molecule has 0 atom stereocenters. The zero-order valence-corrected chi connectivity index (χ0v) is 11.4. The first-order valence-corrected chi connectivity index (χ1v) is 7.15. The Morgan fingerprint density at radius 2 is 1.74 bits per heavy atom. The average Bonchev–Trinajstić information content (AvgIpc) is 2.77. The zero-order chi connectivity index (χ0) is 13.4. The van der Waals surface area contributed by atoms with E-state index < -0.39 is 4.92 Å². The van der Waals surface area contributed by atoms with Crippen LogP contribution in [0.4, 0.5) is 5.69 Å². The predicted molar refractivity (Wildman–Crippen MR) is 73.1 cm³/mol. The Morgan fingerprint density at radius 1 is 1.05 bits per heavy atom. The van der Waals surface area contributed by atoms with Gasteiger partial charge in [0.2, 0.25) is 0 Å². The van der Waals surface area contributed by atoms with Crippen molar-refractivity contribution in [2.24, 2.45) is 0 Å². The second-order valence-corrected chi connectivity index (χ2v) is 6.03. The van der Waals surface area contributed by atoms with Gasteiger partial charge in [0, 0.05) is 0 Å².